The van der Waals surface area contributed by atoms with Gasteiger partial charge in [-0.25, -0.2) is 4.79 Å². The number of carboxylic acids is 1. The number of hydrogen-bond donors (Lipinski definition) is 9. The minimum Gasteiger partial charge on any atom is -0.479 e. The summed E-state index contributed by atoms with van der Waals surface area (Å²) in [5.41, 5.74) is 2.56. The number of carboxylic acid groups (broad SMARTS) is 1. The molecule has 0 bridgehead atoms. The minimum atomic E-state index is -1.55. The van der Waals surface area contributed by atoms with E-state index in [0.29, 0.717) is 6.42 Å². The van der Waals surface area contributed by atoms with Crippen LogP contribution in [-0.4, -0.2) is 180 Å². The number of nitrogens with one attached hydrogen (secondary N) is 3. The smallest absolute Gasteiger partial charge is 0.332 e. The minimum absolute atomic E-state index is 0.148. The molecule has 0 aromatic heterocycles. The lowest BCUT2D eigenvalue weighted by Gasteiger charge is -2.49. The molecule has 9 N–H and O–H groups in total. The van der Waals surface area contributed by atoms with E-state index >= 15 is 0 Å². The molecule has 1 aromatic carbocycles. The fourth-order valence-electron chi connectivity index (χ4n) is 11.8. The summed E-state index contributed by atoms with van der Waals surface area (Å²) in [6.45, 7) is 15.6. The maximum atomic E-state index is 13.0. The van der Waals surface area contributed by atoms with Crippen LogP contribution in [0.2, 0.25) is 0 Å². The average molecular weight is 991 g/mol. The number of carbonyl (C=O) groups is 2. The van der Waals surface area contributed by atoms with E-state index in [1.807, 2.05) is 0 Å². The Bertz CT molecular complexity index is 1660. The average Bonchev–Trinajstić information content (AvgIpc) is 3.34. The number of aryl methyl sites for hydroxylation is 1. The van der Waals surface area contributed by atoms with E-state index in [1.54, 1.807) is 6.92 Å². The first-order chi connectivity index (χ1) is 33.8. The van der Waals surface area contributed by atoms with E-state index in [9.17, 15) is 40.2 Å². The van der Waals surface area contributed by atoms with Crippen LogP contribution < -0.4 is 16.0 Å². The quantitative estimate of drug-likeness (QED) is 0.0968. The third-order valence-corrected chi connectivity index (χ3v) is 16.0. The van der Waals surface area contributed by atoms with E-state index in [-0.39, 0.29) is 42.3 Å². The van der Waals surface area contributed by atoms with Crippen molar-refractivity contribution in [3.05, 3.63) is 35.4 Å². The molecular weight excluding hydrogens is 901 g/mol. The Morgan fingerprint density at radius 1 is 0.771 bits per heavy atom. The van der Waals surface area contributed by atoms with Crippen molar-refractivity contribution in [1.82, 2.24) is 20.9 Å². The Hall–Kier alpha value is -2.20. The van der Waals surface area contributed by atoms with Gasteiger partial charge in [0.15, 0.2) is 18.7 Å². The van der Waals surface area contributed by atoms with E-state index in [1.165, 1.54) is 18.1 Å². The van der Waals surface area contributed by atoms with Crippen molar-refractivity contribution in [2.24, 2.45) is 29.6 Å². The molecule has 1 aromatic rings. The van der Waals surface area contributed by atoms with E-state index in [0.717, 1.165) is 130 Å². The Balaban J connectivity index is 1.18. The zero-order valence-electron chi connectivity index (χ0n) is 42.6. The summed E-state index contributed by atoms with van der Waals surface area (Å²) in [6, 6.07) is 9.03. The van der Waals surface area contributed by atoms with Crippen molar-refractivity contribution in [3.63, 3.8) is 0 Å². The SMILES string of the molecule is CCC(CCc1ccc(CN2CCCNCCNCCCNCC2)cc1)C1CC(C)C(OC2OC(C)C(O)C(O)C2O)C(OC2OC(CO)C(O)C(OC(CC3CCCCC3)C(=O)O)C2CC(C)=O)C1. The normalized spacial score (nSPS) is 35.9. The van der Waals surface area contributed by atoms with Gasteiger partial charge in [-0.1, -0.05) is 76.6 Å². The van der Waals surface area contributed by atoms with Gasteiger partial charge in [-0.3, -0.25) is 4.90 Å². The van der Waals surface area contributed by atoms with Crippen LogP contribution in [0.3, 0.4) is 0 Å². The number of aliphatic carboxylic acids is 1. The second-order valence-electron chi connectivity index (χ2n) is 21.4. The molecule has 17 nitrogen and oxygen atoms in total. The van der Waals surface area contributed by atoms with Crippen molar-refractivity contribution in [2.75, 3.05) is 59.0 Å². The molecule has 2 saturated carbocycles. The molecule has 17 heteroatoms. The number of aliphatic hydroxyl groups is 5. The molecular formula is C53H90N4O13. The molecule has 16 unspecified atom stereocenters. The van der Waals surface area contributed by atoms with Crippen LogP contribution in [0.1, 0.15) is 122 Å². The Morgan fingerprint density at radius 2 is 1.46 bits per heavy atom. The van der Waals surface area contributed by atoms with Crippen LogP contribution in [0.15, 0.2) is 24.3 Å². The maximum absolute atomic E-state index is 13.0. The first-order valence-electron chi connectivity index (χ1n) is 27.0. The van der Waals surface area contributed by atoms with E-state index in [2.05, 4.69) is 59.0 Å². The standard InChI is InChI=1S/C53H90N4O13/c1-5-39(18-17-36-13-15-38(16-14-36)31-57-25-10-21-55-23-22-54-19-9-20-56-24-26-57)40-27-33(2)49(70-53-48(63)47(62)45(60)35(4)66-53)42(30-40)68-52-41(28-34(3)59)50(46(61)44(32-58)69-52)67-43(51(64)65)29-37-11-7-6-8-12-37/h13-16,33,35,37,39-50,52-56,58,60-63H,5-12,17-32H2,1-4H3,(H,64,65). The highest BCUT2D eigenvalue weighted by atomic mass is 16.7. The third kappa shape index (κ3) is 16.7. The van der Waals surface area contributed by atoms with Crippen LogP contribution in [0, 0.1) is 29.6 Å². The number of Topliss-reactive ketones (excluding diaryl/α,β-unsaturated/α-hetero) is 1. The fraction of sp³-hybridized carbons (Fsp3) is 0.849. The topological polar surface area (TPSA) is 241 Å². The Morgan fingerprint density at radius 3 is 2.13 bits per heavy atom. The zero-order valence-corrected chi connectivity index (χ0v) is 42.6. The van der Waals surface area contributed by atoms with Crippen molar-refractivity contribution in [3.8, 4) is 0 Å². The lowest BCUT2D eigenvalue weighted by molar-refractivity contribution is -0.344. The van der Waals surface area contributed by atoms with Crippen LogP contribution in [-0.2, 0) is 46.2 Å². The van der Waals surface area contributed by atoms with Gasteiger partial charge >= 0.3 is 5.97 Å². The molecule has 70 heavy (non-hydrogen) atoms. The van der Waals surface area contributed by atoms with Crippen LogP contribution in [0.25, 0.3) is 0 Å². The summed E-state index contributed by atoms with van der Waals surface area (Å²) in [5.74, 6) is -1.91. The number of benzene rings is 1. The monoisotopic (exact) mass is 991 g/mol. The van der Waals surface area contributed by atoms with Gasteiger partial charge in [0.05, 0.1) is 31.0 Å². The van der Waals surface area contributed by atoms with E-state index < -0.39 is 92.1 Å². The molecule has 0 amide bonds. The summed E-state index contributed by atoms with van der Waals surface area (Å²) in [5, 5.41) is 75.6. The van der Waals surface area contributed by atoms with Gasteiger partial charge in [0, 0.05) is 45.1 Å². The lowest BCUT2D eigenvalue weighted by atomic mass is 9.70. The summed E-state index contributed by atoms with van der Waals surface area (Å²) < 4.78 is 32.2. The van der Waals surface area contributed by atoms with Gasteiger partial charge in [-0.15, -0.1) is 0 Å². The second kappa shape index (κ2) is 29.0. The van der Waals surface area contributed by atoms with Crippen molar-refractivity contribution < 1.29 is 63.9 Å². The van der Waals surface area contributed by atoms with Gasteiger partial charge in [0.1, 0.15) is 36.3 Å². The van der Waals surface area contributed by atoms with Crippen LogP contribution in [0.5, 0.6) is 0 Å². The number of ether oxygens (including phenoxy) is 5. The number of rotatable bonds is 19. The third-order valence-electron chi connectivity index (χ3n) is 16.0. The molecule has 400 valence electrons. The Labute approximate surface area is 417 Å². The predicted octanol–water partition coefficient (Wildman–Crippen LogP) is 3.14. The predicted molar refractivity (Wildman–Crippen MR) is 264 cm³/mol. The summed E-state index contributed by atoms with van der Waals surface area (Å²) in [6.07, 6.45) is -3.07. The Kier molecular flexibility index (Phi) is 23.7. The van der Waals surface area contributed by atoms with Gasteiger partial charge in [0.25, 0.3) is 0 Å². The molecule has 0 spiro atoms. The van der Waals surface area contributed by atoms with Crippen LogP contribution in [0.4, 0.5) is 0 Å². The van der Waals surface area contributed by atoms with Crippen molar-refractivity contribution in [1.29, 1.82) is 0 Å². The number of carbonyl (C=O) groups excluding carboxylic acids is 1. The van der Waals surface area contributed by atoms with Crippen molar-refractivity contribution >= 4 is 11.8 Å². The van der Waals surface area contributed by atoms with Gasteiger partial charge in [-0.05, 0) is 120 Å². The molecule has 16 atom stereocenters. The molecule has 3 heterocycles. The second-order valence-corrected chi connectivity index (χ2v) is 21.4. The molecule has 6 rings (SSSR count). The first-order valence-corrected chi connectivity index (χ1v) is 27.0. The summed E-state index contributed by atoms with van der Waals surface area (Å²) in [4.78, 5) is 28.3. The largest absolute Gasteiger partial charge is 0.479 e. The van der Waals surface area contributed by atoms with Gasteiger partial charge in [-0.2, -0.15) is 0 Å². The van der Waals surface area contributed by atoms with Gasteiger partial charge in [0.2, 0.25) is 0 Å². The van der Waals surface area contributed by atoms with Gasteiger partial charge < -0.3 is 75.1 Å². The molecule has 0 radical (unpaired) electrons. The summed E-state index contributed by atoms with van der Waals surface area (Å²) in [7, 11) is 0. The zero-order chi connectivity index (χ0) is 50.2. The molecule has 3 aliphatic heterocycles. The van der Waals surface area contributed by atoms with Crippen molar-refractivity contribution in [2.45, 2.75) is 198 Å². The number of ketones is 1. The van der Waals surface area contributed by atoms with Crippen LogP contribution >= 0.6 is 0 Å². The first kappa shape index (κ1) is 57.1. The highest BCUT2D eigenvalue weighted by Crippen LogP contribution is 2.44. The highest BCUT2D eigenvalue weighted by molar-refractivity contribution is 5.76. The highest BCUT2D eigenvalue weighted by Gasteiger charge is 2.52. The lowest BCUT2D eigenvalue weighted by Crippen LogP contribution is -2.61. The molecule has 2 aliphatic carbocycles. The molecule has 5 fully saturated rings. The number of hydrogen-bond acceptors (Lipinski definition) is 16. The maximum Gasteiger partial charge on any atom is 0.332 e. The number of nitrogens with zero attached hydrogens (tertiary/aromatic N) is 1. The molecule has 3 saturated heterocycles. The van der Waals surface area contributed by atoms with E-state index in [4.69, 9.17) is 23.7 Å². The number of aliphatic hydroxyl groups excluding tert-OH is 5. The summed E-state index contributed by atoms with van der Waals surface area (Å²) >= 11 is 0. The fourth-order valence-corrected chi connectivity index (χ4v) is 11.8. The molecule has 5 aliphatic rings.